The average Bonchev–Trinajstić information content (AvgIpc) is 2.61. The zero-order valence-corrected chi connectivity index (χ0v) is 16.3. The summed E-state index contributed by atoms with van der Waals surface area (Å²) in [6.07, 6.45) is 1.89. The fourth-order valence-corrected chi connectivity index (χ4v) is 4.24. The van der Waals surface area contributed by atoms with Crippen molar-refractivity contribution >= 4 is 29.9 Å². The summed E-state index contributed by atoms with van der Waals surface area (Å²) in [5.74, 6) is -0.265. The van der Waals surface area contributed by atoms with Gasteiger partial charge >= 0.3 is 0 Å². The molecule has 3 rings (SSSR count). The largest absolute Gasteiger partial charge is 0.377 e. The number of carbonyl (C=O) groups is 2. The first-order chi connectivity index (χ1) is 11.8. The number of rotatable bonds is 4. The summed E-state index contributed by atoms with van der Waals surface area (Å²) >= 11 is 0. The van der Waals surface area contributed by atoms with Gasteiger partial charge in [0, 0.05) is 35.7 Å². The van der Waals surface area contributed by atoms with Crippen molar-refractivity contribution in [2.45, 2.75) is 45.3 Å². The fraction of sp³-hybridized carbons (Fsp3) is 0.579. The van der Waals surface area contributed by atoms with Gasteiger partial charge in [-0.15, -0.1) is 12.4 Å². The minimum atomic E-state index is -0.948. The first-order valence-electron chi connectivity index (χ1n) is 8.92. The minimum absolute atomic E-state index is 0. The van der Waals surface area contributed by atoms with Gasteiger partial charge in [0.05, 0.1) is 6.10 Å². The fourth-order valence-electron chi connectivity index (χ4n) is 4.24. The molecule has 1 saturated heterocycles. The van der Waals surface area contributed by atoms with Crippen LogP contribution in [0.25, 0.3) is 0 Å². The monoisotopic (exact) mass is 381 g/mol. The maximum Gasteiger partial charge on any atom is 0.251 e. The third-order valence-electron chi connectivity index (χ3n) is 5.80. The summed E-state index contributed by atoms with van der Waals surface area (Å²) in [5, 5.41) is 5.67. The summed E-state index contributed by atoms with van der Waals surface area (Å²) in [5.41, 5.74) is 6.43. The first-order valence-corrected chi connectivity index (χ1v) is 8.92. The van der Waals surface area contributed by atoms with E-state index in [9.17, 15) is 9.59 Å². The molecule has 4 N–H and O–H groups in total. The van der Waals surface area contributed by atoms with Crippen LogP contribution in [0.5, 0.6) is 0 Å². The number of fused-ring (bicyclic) bond motifs is 1. The number of carbonyl (C=O) groups excluding carboxylic acids is 2. The number of benzene rings is 1. The molecule has 3 unspecified atom stereocenters. The molecule has 1 aromatic carbocycles. The van der Waals surface area contributed by atoms with Crippen LogP contribution in [0.1, 0.15) is 44.0 Å². The highest BCUT2D eigenvalue weighted by atomic mass is 35.5. The predicted molar refractivity (Wildman–Crippen MR) is 103 cm³/mol. The summed E-state index contributed by atoms with van der Waals surface area (Å²) in [6, 6.07) is 6.85. The topological polar surface area (TPSA) is 93.5 Å². The van der Waals surface area contributed by atoms with E-state index in [2.05, 4.69) is 10.6 Å². The van der Waals surface area contributed by atoms with Crippen LogP contribution in [0.2, 0.25) is 0 Å². The molecule has 1 aliphatic carbocycles. The van der Waals surface area contributed by atoms with Gasteiger partial charge in [-0.3, -0.25) is 9.59 Å². The Morgan fingerprint density at radius 3 is 2.54 bits per heavy atom. The third-order valence-corrected chi connectivity index (χ3v) is 5.80. The number of ether oxygens (including phenoxy) is 1. The molecule has 6 nitrogen and oxygen atoms in total. The smallest absolute Gasteiger partial charge is 0.251 e. The van der Waals surface area contributed by atoms with E-state index in [1.54, 1.807) is 24.3 Å². The SMILES string of the molecule is CCNC(=O)c1ccc(NC(=O)C2(N)C3CCCOC3C2(C)C)cc1.Cl. The lowest BCUT2D eigenvalue weighted by molar-refractivity contribution is -0.222. The number of halogens is 1. The molecular weight excluding hydrogens is 354 g/mol. The maximum absolute atomic E-state index is 12.9. The van der Waals surface area contributed by atoms with Gasteiger partial charge in [0.25, 0.3) is 5.91 Å². The second kappa shape index (κ2) is 7.55. The number of nitrogens with one attached hydrogen (secondary N) is 2. The molecular formula is C19H28ClN3O3. The quantitative estimate of drug-likeness (QED) is 0.746. The highest BCUT2D eigenvalue weighted by Gasteiger charge is 2.70. The van der Waals surface area contributed by atoms with Gasteiger partial charge in [-0.25, -0.2) is 0 Å². The highest BCUT2D eigenvalue weighted by molar-refractivity contribution is 6.01. The number of hydrogen-bond acceptors (Lipinski definition) is 4. The van der Waals surface area contributed by atoms with Crippen LogP contribution in [0, 0.1) is 11.3 Å². The Bertz CT molecular complexity index is 677. The summed E-state index contributed by atoms with van der Waals surface area (Å²) in [4.78, 5) is 24.7. The van der Waals surface area contributed by atoms with Gasteiger partial charge in [-0.05, 0) is 44.0 Å². The van der Waals surface area contributed by atoms with E-state index in [0.717, 1.165) is 19.4 Å². The van der Waals surface area contributed by atoms with Crippen molar-refractivity contribution in [1.29, 1.82) is 0 Å². The van der Waals surface area contributed by atoms with E-state index in [1.165, 1.54) is 0 Å². The predicted octanol–water partition coefficient (Wildman–Crippen LogP) is 2.33. The molecule has 26 heavy (non-hydrogen) atoms. The van der Waals surface area contributed by atoms with Crippen LogP contribution >= 0.6 is 12.4 Å². The lowest BCUT2D eigenvalue weighted by Crippen LogP contribution is -2.81. The van der Waals surface area contributed by atoms with Crippen LogP contribution in [0.15, 0.2) is 24.3 Å². The standard InChI is InChI=1S/C19H27N3O3.ClH/c1-4-21-16(23)12-7-9-13(10-8-12)22-17(24)19(20)14-6-5-11-25-15(14)18(19,2)3;/h7-10,14-15H,4-6,11,20H2,1-3H3,(H,21,23)(H,22,24);1H. The zero-order valence-electron chi connectivity index (χ0n) is 15.5. The number of amides is 2. The van der Waals surface area contributed by atoms with Gasteiger partial charge in [0.1, 0.15) is 5.54 Å². The van der Waals surface area contributed by atoms with Crippen molar-refractivity contribution in [2.24, 2.45) is 17.1 Å². The van der Waals surface area contributed by atoms with Gasteiger partial charge in [-0.1, -0.05) is 13.8 Å². The Labute approximate surface area is 160 Å². The molecule has 1 aliphatic heterocycles. The average molecular weight is 382 g/mol. The zero-order chi connectivity index (χ0) is 18.2. The van der Waals surface area contributed by atoms with Crippen LogP contribution < -0.4 is 16.4 Å². The molecule has 2 aliphatic rings. The Balaban J connectivity index is 0.00000243. The Hall–Kier alpha value is -1.63. The van der Waals surface area contributed by atoms with E-state index in [-0.39, 0.29) is 36.2 Å². The molecule has 0 bridgehead atoms. The molecule has 0 aromatic heterocycles. The molecule has 144 valence electrons. The lowest BCUT2D eigenvalue weighted by atomic mass is 9.46. The first kappa shape index (κ1) is 20.7. The van der Waals surface area contributed by atoms with Crippen molar-refractivity contribution in [3.8, 4) is 0 Å². The van der Waals surface area contributed by atoms with E-state index >= 15 is 0 Å². The summed E-state index contributed by atoms with van der Waals surface area (Å²) < 4.78 is 5.85. The third kappa shape index (κ3) is 3.10. The van der Waals surface area contributed by atoms with E-state index in [0.29, 0.717) is 17.8 Å². The number of nitrogens with two attached hydrogens (primary N) is 1. The number of hydrogen-bond donors (Lipinski definition) is 3. The van der Waals surface area contributed by atoms with Gasteiger partial charge < -0.3 is 21.1 Å². The molecule has 2 amide bonds. The van der Waals surface area contributed by atoms with Crippen LogP contribution in [0.3, 0.4) is 0 Å². The maximum atomic E-state index is 12.9. The second-order valence-electron chi connectivity index (χ2n) is 7.52. The summed E-state index contributed by atoms with van der Waals surface area (Å²) in [7, 11) is 0. The Morgan fingerprint density at radius 1 is 1.27 bits per heavy atom. The van der Waals surface area contributed by atoms with Gasteiger partial charge in [0.2, 0.25) is 5.91 Å². The molecule has 1 saturated carbocycles. The second-order valence-corrected chi connectivity index (χ2v) is 7.52. The molecule has 1 aromatic rings. The molecule has 7 heteroatoms. The van der Waals surface area contributed by atoms with Crippen molar-refractivity contribution < 1.29 is 14.3 Å². The van der Waals surface area contributed by atoms with E-state index in [4.69, 9.17) is 10.5 Å². The minimum Gasteiger partial charge on any atom is -0.377 e. The van der Waals surface area contributed by atoms with Crippen LogP contribution in [-0.2, 0) is 9.53 Å². The lowest BCUT2D eigenvalue weighted by Gasteiger charge is -2.65. The molecule has 0 spiro atoms. The van der Waals surface area contributed by atoms with Gasteiger partial charge in [0.15, 0.2) is 0 Å². The Morgan fingerprint density at radius 2 is 1.92 bits per heavy atom. The van der Waals surface area contributed by atoms with Crippen molar-refractivity contribution in [1.82, 2.24) is 5.32 Å². The highest BCUT2D eigenvalue weighted by Crippen LogP contribution is 2.57. The van der Waals surface area contributed by atoms with Gasteiger partial charge in [-0.2, -0.15) is 0 Å². The Kier molecular flexibility index (Phi) is 6.00. The van der Waals surface area contributed by atoms with Crippen molar-refractivity contribution in [3.63, 3.8) is 0 Å². The normalized spacial score (nSPS) is 28.8. The number of anilines is 1. The van der Waals surface area contributed by atoms with Crippen LogP contribution in [-0.4, -0.2) is 36.6 Å². The molecule has 3 atom stereocenters. The summed E-state index contributed by atoms with van der Waals surface area (Å²) in [6.45, 7) is 7.18. The molecule has 1 heterocycles. The molecule has 0 radical (unpaired) electrons. The van der Waals surface area contributed by atoms with Crippen molar-refractivity contribution in [2.75, 3.05) is 18.5 Å². The molecule has 2 fully saturated rings. The van der Waals surface area contributed by atoms with E-state index < -0.39 is 11.0 Å². The van der Waals surface area contributed by atoms with Crippen molar-refractivity contribution in [3.05, 3.63) is 29.8 Å². The van der Waals surface area contributed by atoms with Crippen LogP contribution in [0.4, 0.5) is 5.69 Å². The van der Waals surface area contributed by atoms with E-state index in [1.807, 2.05) is 20.8 Å².